The van der Waals surface area contributed by atoms with Crippen LogP contribution in [0, 0.1) is 15.9 Å². The molecular weight excluding hydrogens is 387 g/mol. The number of nitrogens with one attached hydrogen (secondary N) is 1. The van der Waals surface area contributed by atoms with Crippen molar-refractivity contribution in [3.05, 3.63) is 56.8 Å². The van der Waals surface area contributed by atoms with Crippen LogP contribution in [0.25, 0.3) is 0 Å². The molecule has 1 N–H and O–H groups in total. The van der Waals surface area contributed by atoms with Gasteiger partial charge in [0.15, 0.2) is 12.4 Å². The number of amides is 1. The third kappa shape index (κ3) is 4.42. The van der Waals surface area contributed by atoms with E-state index < -0.39 is 16.6 Å². The summed E-state index contributed by atoms with van der Waals surface area (Å²) in [5, 5.41) is 13.0. The fraction of sp³-hybridized carbons (Fsp3) is 0.133. The molecule has 2 aromatic carbocycles. The first-order valence-corrected chi connectivity index (χ1v) is 7.40. The molecule has 0 atom stereocenters. The minimum atomic E-state index is -0.547. The topological polar surface area (TPSA) is 90.7 Å². The monoisotopic (exact) mass is 398 g/mol. The number of nitrogens with zero attached hydrogens (tertiary/aromatic N) is 1. The summed E-state index contributed by atoms with van der Waals surface area (Å²) in [7, 11) is 1.39. The average Bonchev–Trinajstić information content (AvgIpc) is 2.53. The molecule has 0 spiro atoms. The van der Waals surface area contributed by atoms with Crippen LogP contribution in [0.3, 0.4) is 0 Å². The lowest BCUT2D eigenvalue weighted by Gasteiger charge is -2.12. The highest BCUT2D eigenvalue weighted by Gasteiger charge is 2.13. The summed E-state index contributed by atoms with van der Waals surface area (Å²) in [5.74, 6) is -0.512. The van der Waals surface area contributed by atoms with Crippen LogP contribution < -0.4 is 14.8 Å². The molecule has 0 unspecified atom stereocenters. The third-order valence-electron chi connectivity index (χ3n) is 2.90. The Labute approximate surface area is 144 Å². The number of methoxy groups -OCH3 is 1. The predicted octanol–water partition coefficient (Wildman–Crippen LogP) is 3.52. The van der Waals surface area contributed by atoms with E-state index in [1.54, 1.807) is 0 Å². The van der Waals surface area contributed by atoms with Crippen LogP contribution in [0.5, 0.6) is 11.5 Å². The maximum Gasteiger partial charge on any atom is 0.269 e. The molecule has 24 heavy (non-hydrogen) atoms. The smallest absolute Gasteiger partial charge is 0.269 e. The van der Waals surface area contributed by atoms with Crippen LogP contribution in [-0.2, 0) is 4.79 Å². The third-order valence-corrected chi connectivity index (χ3v) is 3.49. The van der Waals surface area contributed by atoms with Gasteiger partial charge in [0.2, 0.25) is 0 Å². The second-order valence-electron chi connectivity index (χ2n) is 4.56. The molecule has 9 heteroatoms. The lowest BCUT2D eigenvalue weighted by atomic mass is 10.2. The van der Waals surface area contributed by atoms with Gasteiger partial charge in [0.05, 0.1) is 22.2 Å². The van der Waals surface area contributed by atoms with Crippen LogP contribution in [-0.4, -0.2) is 24.5 Å². The van der Waals surface area contributed by atoms with E-state index in [-0.39, 0.29) is 23.7 Å². The normalized spacial score (nSPS) is 10.1. The number of nitro benzene ring substituents is 1. The summed E-state index contributed by atoms with van der Waals surface area (Å²) in [6.07, 6.45) is 0. The van der Waals surface area contributed by atoms with Crippen molar-refractivity contribution in [1.82, 2.24) is 0 Å². The van der Waals surface area contributed by atoms with Crippen LogP contribution in [0.1, 0.15) is 0 Å². The van der Waals surface area contributed by atoms with Crippen molar-refractivity contribution in [2.45, 2.75) is 0 Å². The minimum absolute atomic E-state index is 0.0823. The summed E-state index contributed by atoms with van der Waals surface area (Å²) in [5.41, 5.74) is 0.0721. The van der Waals surface area contributed by atoms with Gasteiger partial charge in [-0.1, -0.05) is 0 Å². The zero-order valence-corrected chi connectivity index (χ0v) is 14.0. The summed E-state index contributed by atoms with van der Waals surface area (Å²) >= 11 is 3.14. The van der Waals surface area contributed by atoms with Crippen molar-refractivity contribution < 1.29 is 23.6 Å². The number of hydrogen-bond acceptors (Lipinski definition) is 5. The Balaban J connectivity index is 2.00. The number of non-ortho nitro benzene ring substituents is 1. The second kappa shape index (κ2) is 7.73. The standard InChI is InChI=1S/C15H12BrFN2O5/c1-23-15-12(16)6-9(17)7-13(15)18-14(20)8-24-11-4-2-10(3-5-11)19(21)22/h2-7H,8H2,1H3,(H,18,20). The van der Waals surface area contributed by atoms with Crippen molar-refractivity contribution in [2.75, 3.05) is 19.0 Å². The van der Waals surface area contributed by atoms with E-state index in [2.05, 4.69) is 21.2 Å². The Morgan fingerprint density at radius 2 is 2.00 bits per heavy atom. The fourth-order valence-electron chi connectivity index (χ4n) is 1.86. The second-order valence-corrected chi connectivity index (χ2v) is 5.41. The molecule has 2 rings (SSSR count). The van der Waals surface area contributed by atoms with E-state index in [0.29, 0.717) is 10.2 Å². The number of hydrogen-bond donors (Lipinski definition) is 1. The minimum Gasteiger partial charge on any atom is -0.493 e. The van der Waals surface area contributed by atoms with Gasteiger partial charge in [-0.3, -0.25) is 14.9 Å². The molecule has 0 saturated heterocycles. The molecule has 0 radical (unpaired) electrons. The summed E-state index contributed by atoms with van der Waals surface area (Å²) in [4.78, 5) is 21.9. The SMILES string of the molecule is COc1c(Br)cc(F)cc1NC(=O)COc1ccc([N+](=O)[O-])cc1. The highest BCUT2D eigenvalue weighted by atomic mass is 79.9. The van der Waals surface area contributed by atoms with Gasteiger partial charge in [0.1, 0.15) is 11.6 Å². The first kappa shape index (κ1) is 17.7. The molecule has 0 aliphatic carbocycles. The predicted molar refractivity (Wildman–Crippen MR) is 87.9 cm³/mol. The molecular formula is C15H12BrFN2O5. The highest BCUT2D eigenvalue weighted by Crippen LogP contribution is 2.34. The number of ether oxygens (including phenoxy) is 2. The van der Waals surface area contributed by atoms with Crippen molar-refractivity contribution in [3.63, 3.8) is 0 Å². The van der Waals surface area contributed by atoms with Crippen molar-refractivity contribution >= 4 is 33.2 Å². The Hall–Kier alpha value is -2.68. The molecule has 0 saturated carbocycles. The molecule has 0 aromatic heterocycles. The Morgan fingerprint density at radius 1 is 1.33 bits per heavy atom. The van der Waals surface area contributed by atoms with Crippen LogP contribution >= 0.6 is 15.9 Å². The fourth-order valence-corrected chi connectivity index (χ4v) is 2.45. The number of benzene rings is 2. The van der Waals surface area contributed by atoms with E-state index in [1.807, 2.05) is 0 Å². The lowest BCUT2D eigenvalue weighted by molar-refractivity contribution is -0.384. The van der Waals surface area contributed by atoms with Gasteiger partial charge in [-0.05, 0) is 34.1 Å². The highest BCUT2D eigenvalue weighted by molar-refractivity contribution is 9.10. The van der Waals surface area contributed by atoms with E-state index in [0.717, 1.165) is 6.07 Å². The lowest BCUT2D eigenvalue weighted by Crippen LogP contribution is -2.20. The quantitative estimate of drug-likeness (QED) is 0.593. The maximum absolute atomic E-state index is 13.4. The molecule has 1 amide bonds. The van der Waals surface area contributed by atoms with Gasteiger partial charge >= 0.3 is 0 Å². The molecule has 0 bridgehead atoms. The number of anilines is 1. The molecule has 126 valence electrons. The van der Waals surface area contributed by atoms with Gasteiger partial charge in [0.25, 0.3) is 11.6 Å². The molecule has 0 heterocycles. The Bertz CT molecular complexity index is 767. The van der Waals surface area contributed by atoms with E-state index in [9.17, 15) is 19.3 Å². The number of rotatable bonds is 6. The van der Waals surface area contributed by atoms with Crippen molar-refractivity contribution in [1.29, 1.82) is 0 Å². The first-order chi connectivity index (χ1) is 11.4. The Kier molecular flexibility index (Phi) is 5.69. The molecule has 0 fully saturated rings. The first-order valence-electron chi connectivity index (χ1n) is 6.61. The average molecular weight is 399 g/mol. The number of halogens is 2. The molecule has 0 aliphatic rings. The van der Waals surface area contributed by atoms with E-state index >= 15 is 0 Å². The van der Waals surface area contributed by atoms with Crippen LogP contribution in [0.2, 0.25) is 0 Å². The van der Waals surface area contributed by atoms with Gasteiger partial charge in [-0.2, -0.15) is 0 Å². The summed E-state index contributed by atoms with van der Waals surface area (Å²) in [6, 6.07) is 7.62. The van der Waals surface area contributed by atoms with Gasteiger partial charge in [-0.15, -0.1) is 0 Å². The van der Waals surface area contributed by atoms with Crippen molar-refractivity contribution in [2.24, 2.45) is 0 Å². The Morgan fingerprint density at radius 3 is 2.58 bits per heavy atom. The maximum atomic E-state index is 13.4. The number of carbonyl (C=O) groups is 1. The zero-order chi connectivity index (χ0) is 17.7. The molecule has 0 aliphatic heterocycles. The van der Waals surface area contributed by atoms with Crippen molar-refractivity contribution in [3.8, 4) is 11.5 Å². The zero-order valence-electron chi connectivity index (χ0n) is 12.4. The van der Waals surface area contributed by atoms with E-state index in [4.69, 9.17) is 9.47 Å². The van der Waals surface area contributed by atoms with Gasteiger partial charge in [0, 0.05) is 18.2 Å². The largest absolute Gasteiger partial charge is 0.493 e. The summed E-state index contributed by atoms with van der Waals surface area (Å²) in [6.45, 7) is -0.352. The van der Waals surface area contributed by atoms with Crippen LogP contribution in [0.4, 0.5) is 15.8 Å². The molecule has 7 nitrogen and oxygen atoms in total. The summed E-state index contributed by atoms with van der Waals surface area (Å²) < 4.78 is 24.1. The van der Waals surface area contributed by atoms with Crippen LogP contribution in [0.15, 0.2) is 40.9 Å². The molecule has 2 aromatic rings. The van der Waals surface area contributed by atoms with E-state index in [1.165, 1.54) is 37.4 Å². The number of carbonyl (C=O) groups excluding carboxylic acids is 1. The van der Waals surface area contributed by atoms with Gasteiger partial charge < -0.3 is 14.8 Å². The number of nitro groups is 1. The van der Waals surface area contributed by atoms with Gasteiger partial charge in [-0.25, -0.2) is 4.39 Å².